The Hall–Kier alpha value is -0.910. The molecule has 0 spiro atoms. The van der Waals surface area contributed by atoms with Gasteiger partial charge in [0, 0.05) is 44.5 Å². The normalized spacial score (nSPS) is 28.2. The SMILES string of the molecule is CC1CN(CC(N)c2cnn(C)c2)CC(C)O1. The maximum absolute atomic E-state index is 6.19. The second kappa shape index (κ2) is 5.16. The molecule has 2 N–H and O–H groups in total. The van der Waals surface area contributed by atoms with E-state index in [1.807, 2.05) is 19.4 Å². The summed E-state index contributed by atoms with van der Waals surface area (Å²) in [5.41, 5.74) is 7.29. The van der Waals surface area contributed by atoms with Crippen LogP contribution in [0.1, 0.15) is 25.5 Å². The van der Waals surface area contributed by atoms with Crippen LogP contribution in [0.3, 0.4) is 0 Å². The minimum atomic E-state index is 0.0289. The maximum atomic E-state index is 6.19. The Morgan fingerprint density at radius 2 is 2.12 bits per heavy atom. The number of hydrogen-bond donors (Lipinski definition) is 1. The highest BCUT2D eigenvalue weighted by molar-refractivity contribution is 5.10. The monoisotopic (exact) mass is 238 g/mol. The fraction of sp³-hybridized carbons (Fsp3) is 0.750. The van der Waals surface area contributed by atoms with Crippen molar-refractivity contribution in [1.82, 2.24) is 14.7 Å². The van der Waals surface area contributed by atoms with Crippen LogP contribution >= 0.6 is 0 Å². The van der Waals surface area contributed by atoms with Gasteiger partial charge in [-0.2, -0.15) is 5.10 Å². The van der Waals surface area contributed by atoms with Crippen LogP contribution in [0.15, 0.2) is 12.4 Å². The first kappa shape index (κ1) is 12.5. The van der Waals surface area contributed by atoms with Gasteiger partial charge in [0.2, 0.25) is 0 Å². The smallest absolute Gasteiger partial charge is 0.0678 e. The molecule has 2 rings (SSSR count). The molecule has 1 fully saturated rings. The predicted octanol–water partition coefficient (Wildman–Crippen LogP) is 0.529. The van der Waals surface area contributed by atoms with Crippen molar-refractivity contribution in [2.75, 3.05) is 19.6 Å². The molecule has 5 heteroatoms. The average molecular weight is 238 g/mol. The van der Waals surface area contributed by atoms with E-state index >= 15 is 0 Å². The van der Waals surface area contributed by atoms with E-state index in [9.17, 15) is 0 Å². The number of rotatable bonds is 3. The Bertz CT molecular complexity index is 355. The van der Waals surface area contributed by atoms with E-state index in [-0.39, 0.29) is 6.04 Å². The number of nitrogens with two attached hydrogens (primary N) is 1. The number of aryl methyl sites for hydroxylation is 1. The molecule has 1 aliphatic heterocycles. The van der Waals surface area contributed by atoms with Crippen molar-refractivity contribution >= 4 is 0 Å². The Kier molecular flexibility index (Phi) is 3.81. The minimum absolute atomic E-state index is 0.0289. The van der Waals surface area contributed by atoms with Crippen LogP contribution in [0.25, 0.3) is 0 Å². The van der Waals surface area contributed by atoms with Gasteiger partial charge in [0.25, 0.3) is 0 Å². The largest absolute Gasteiger partial charge is 0.373 e. The van der Waals surface area contributed by atoms with Crippen LogP contribution in [0, 0.1) is 0 Å². The van der Waals surface area contributed by atoms with E-state index in [0.717, 1.165) is 25.2 Å². The summed E-state index contributed by atoms with van der Waals surface area (Å²) < 4.78 is 7.50. The van der Waals surface area contributed by atoms with Gasteiger partial charge in [0.05, 0.1) is 18.4 Å². The first-order valence-electron chi connectivity index (χ1n) is 6.16. The number of aromatic nitrogens is 2. The lowest BCUT2D eigenvalue weighted by Gasteiger charge is -2.36. The molecule has 2 heterocycles. The molecule has 1 aliphatic rings. The zero-order valence-electron chi connectivity index (χ0n) is 10.8. The average Bonchev–Trinajstić information content (AvgIpc) is 2.63. The summed E-state index contributed by atoms with van der Waals surface area (Å²) in [5.74, 6) is 0. The van der Waals surface area contributed by atoms with Gasteiger partial charge in [-0.15, -0.1) is 0 Å². The molecule has 3 unspecified atom stereocenters. The van der Waals surface area contributed by atoms with E-state index < -0.39 is 0 Å². The molecular formula is C12H22N4O. The second-order valence-corrected chi connectivity index (χ2v) is 5.03. The third-order valence-corrected chi connectivity index (χ3v) is 3.10. The quantitative estimate of drug-likeness (QED) is 0.834. The summed E-state index contributed by atoms with van der Waals surface area (Å²) in [6.45, 7) is 7.00. The van der Waals surface area contributed by atoms with E-state index in [1.165, 1.54) is 0 Å². The zero-order valence-corrected chi connectivity index (χ0v) is 10.8. The lowest BCUT2D eigenvalue weighted by molar-refractivity contribution is -0.0691. The maximum Gasteiger partial charge on any atom is 0.0678 e. The van der Waals surface area contributed by atoms with Crippen molar-refractivity contribution in [3.63, 3.8) is 0 Å². The molecule has 0 aliphatic carbocycles. The number of nitrogens with zero attached hydrogens (tertiary/aromatic N) is 3. The van der Waals surface area contributed by atoms with Gasteiger partial charge in [-0.25, -0.2) is 0 Å². The van der Waals surface area contributed by atoms with Crippen LogP contribution in [-0.4, -0.2) is 46.5 Å². The van der Waals surface area contributed by atoms with Crippen molar-refractivity contribution in [2.24, 2.45) is 12.8 Å². The first-order valence-corrected chi connectivity index (χ1v) is 6.16. The summed E-state index contributed by atoms with van der Waals surface area (Å²) >= 11 is 0. The van der Waals surface area contributed by atoms with Crippen LogP contribution in [0.4, 0.5) is 0 Å². The van der Waals surface area contributed by atoms with Crippen molar-refractivity contribution in [3.8, 4) is 0 Å². The van der Waals surface area contributed by atoms with Gasteiger partial charge < -0.3 is 10.5 Å². The first-order chi connectivity index (χ1) is 8.04. The summed E-state index contributed by atoms with van der Waals surface area (Å²) in [6.07, 6.45) is 4.41. The lowest BCUT2D eigenvalue weighted by Crippen LogP contribution is -2.47. The van der Waals surface area contributed by atoms with Gasteiger partial charge in [-0.3, -0.25) is 9.58 Å². The lowest BCUT2D eigenvalue weighted by atomic mass is 10.1. The molecule has 0 amide bonds. The molecule has 0 bridgehead atoms. The van der Waals surface area contributed by atoms with Crippen molar-refractivity contribution in [3.05, 3.63) is 18.0 Å². The topological polar surface area (TPSA) is 56.3 Å². The molecule has 96 valence electrons. The molecule has 1 aromatic rings. The van der Waals surface area contributed by atoms with Crippen LogP contribution in [-0.2, 0) is 11.8 Å². The highest BCUT2D eigenvalue weighted by atomic mass is 16.5. The Balaban J connectivity index is 1.92. The molecular weight excluding hydrogens is 216 g/mol. The van der Waals surface area contributed by atoms with E-state index in [2.05, 4.69) is 23.8 Å². The van der Waals surface area contributed by atoms with Crippen molar-refractivity contribution in [1.29, 1.82) is 0 Å². The molecule has 1 aromatic heterocycles. The van der Waals surface area contributed by atoms with Gasteiger partial charge in [0.15, 0.2) is 0 Å². The van der Waals surface area contributed by atoms with Crippen LogP contribution in [0.2, 0.25) is 0 Å². The number of hydrogen-bond acceptors (Lipinski definition) is 4. The molecule has 0 saturated carbocycles. The van der Waals surface area contributed by atoms with Gasteiger partial charge >= 0.3 is 0 Å². The van der Waals surface area contributed by atoms with Gasteiger partial charge in [-0.1, -0.05) is 0 Å². The molecule has 17 heavy (non-hydrogen) atoms. The van der Waals surface area contributed by atoms with E-state index in [1.54, 1.807) is 4.68 Å². The van der Waals surface area contributed by atoms with Crippen LogP contribution in [0.5, 0.6) is 0 Å². The number of ether oxygens (including phenoxy) is 1. The third-order valence-electron chi connectivity index (χ3n) is 3.10. The molecule has 0 radical (unpaired) electrons. The van der Waals surface area contributed by atoms with Crippen LogP contribution < -0.4 is 5.73 Å². The fourth-order valence-electron chi connectivity index (χ4n) is 2.45. The standard InChI is InChI=1S/C12H22N4O/c1-9-5-16(6-10(2)17-9)8-12(13)11-4-14-15(3)7-11/h4,7,9-10,12H,5-6,8,13H2,1-3H3. The summed E-state index contributed by atoms with van der Waals surface area (Å²) in [5, 5.41) is 4.15. The highest BCUT2D eigenvalue weighted by Crippen LogP contribution is 2.15. The van der Waals surface area contributed by atoms with Crippen molar-refractivity contribution in [2.45, 2.75) is 32.1 Å². The summed E-state index contributed by atoms with van der Waals surface area (Å²) in [6, 6.07) is 0.0289. The van der Waals surface area contributed by atoms with Crippen molar-refractivity contribution < 1.29 is 4.74 Å². The number of morpholine rings is 1. The Morgan fingerprint density at radius 1 is 1.47 bits per heavy atom. The predicted molar refractivity (Wildman–Crippen MR) is 66.6 cm³/mol. The van der Waals surface area contributed by atoms with Gasteiger partial charge in [-0.05, 0) is 13.8 Å². The summed E-state index contributed by atoms with van der Waals surface area (Å²) in [4.78, 5) is 2.37. The Morgan fingerprint density at radius 3 is 2.65 bits per heavy atom. The fourth-order valence-corrected chi connectivity index (χ4v) is 2.45. The third kappa shape index (κ3) is 3.28. The molecule has 3 atom stereocenters. The van der Waals surface area contributed by atoms with E-state index in [0.29, 0.717) is 12.2 Å². The minimum Gasteiger partial charge on any atom is -0.373 e. The molecule has 1 saturated heterocycles. The highest BCUT2D eigenvalue weighted by Gasteiger charge is 2.24. The van der Waals surface area contributed by atoms with Gasteiger partial charge in [0.1, 0.15) is 0 Å². The second-order valence-electron chi connectivity index (χ2n) is 5.03. The zero-order chi connectivity index (χ0) is 12.4. The molecule has 0 aromatic carbocycles. The summed E-state index contributed by atoms with van der Waals surface area (Å²) in [7, 11) is 1.91. The Labute approximate surface area is 103 Å². The molecule has 5 nitrogen and oxygen atoms in total. The van der Waals surface area contributed by atoms with E-state index in [4.69, 9.17) is 10.5 Å².